The number of benzene rings is 1. The number of hydrogen-bond donors (Lipinski definition) is 1. The number of nitrogens with one attached hydrogen (secondary N) is 1. The Morgan fingerprint density at radius 1 is 1.21 bits per heavy atom. The van der Waals surface area contributed by atoms with E-state index in [0.717, 1.165) is 18.5 Å². The van der Waals surface area contributed by atoms with Gasteiger partial charge in [-0.3, -0.25) is 9.59 Å². The quantitative estimate of drug-likeness (QED) is 0.926. The molecule has 1 saturated carbocycles. The van der Waals surface area contributed by atoms with Crippen LogP contribution in [0.15, 0.2) is 36.5 Å². The number of nitrogens with zero attached hydrogens (tertiary/aromatic N) is 3. The molecule has 24 heavy (non-hydrogen) atoms. The van der Waals surface area contributed by atoms with Crippen molar-refractivity contribution in [1.82, 2.24) is 14.7 Å². The predicted molar refractivity (Wildman–Crippen MR) is 90.0 cm³/mol. The second kappa shape index (κ2) is 5.94. The minimum Gasteiger partial charge on any atom is -0.339 e. The molecule has 1 aromatic heterocycles. The van der Waals surface area contributed by atoms with Gasteiger partial charge in [-0.15, -0.1) is 0 Å². The number of rotatable bonds is 4. The van der Waals surface area contributed by atoms with Gasteiger partial charge in [0.15, 0.2) is 0 Å². The van der Waals surface area contributed by atoms with Crippen LogP contribution >= 0.6 is 11.6 Å². The molecular formula is C17H17ClN4O2. The highest BCUT2D eigenvalue weighted by atomic mass is 35.5. The molecule has 1 atom stereocenters. The van der Waals surface area contributed by atoms with Gasteiger partial charge in [0.25, 0.3) is 0 Å². The second-order valence-corrected chi connectivity index (χ2v) is 6.71. The van der Waals surface area contributed by atoms with Gasteiger partial charge < -0.3 is 10.2 Å². The van der Waals surface area contributed by atoms with Gasteiger partial charge in [0.1, 0.15) is 5.82 Å². The van der Waals surface area contributed by atoms with Crippen molar-refractivity contribution in [2.45, 2.75) is 25.3 Å². The monoisotopic (exact) mass is 344 g/mol. The van der Waals surface area contributed by atoms with E-state index in [-0.39, 0.29) is 24.2 Å². The van der Waals surface area contributed by atoms with Crippen LogP contribution in [0.25, 0.3) is 5.69 Å². The van der Waals surface area contributed by atoms with Crippen molar-refractivity contribution < 1.29 is 9.59 Å². The number of hydrogen-bond acceptors (Lipinski definition) is 3. The van der Waals surface area contributed by atoms with E-state index in [4.69, 9.17) is 11.6 Å². The maximum atomic E-state index is 12.5. The highest BCUT2D eigenvalue weighted by molar-refractivity contribution is 6.30. The van der Waals surface area contributed by atoms with Gasteiger partial charge in [-0.2, -0.15) is 5.10 Å². The van der Waals surface area contributed by atoms with E-state index in [9.17, 15) is 9.59 Å². The summed E-state index contributed by atoms with van der Waals surface area (Å²) in [4.78, 5) is 26.4. The lowest BCUT2D eigenvalue weighted by molar-refractivity contribution is -0.128. The molecule has 1 aliphatic carbocycles. The Kier molecular flexibility index (Phi) is 3.76. The smallest absolute Gasteiger partial charge is 0.230 e. The highest BCUT2D eigenvalue weighted by Crippen LogP contribution is 2.33. The lowest BCUT2D eigenvalue weighted by Gasteiger charge is -2.15. The molecule has 2 heterocycles. The molecule has 4 rings (SSSR count). The topological polar surface area (TPSA) is 67.2 Å². The van der Waals surface area contributed by atoms with Gasteiger partial charge in [-0.05, 0) is 37.1 Å². The van der Waals surface area contributed by atoms with E-state index < -0.39 is 0 Å². The Bertz CT molecular complexity index is 782. The van der Waals surface area contributed by atoms with Gasteiger partial charge in [0.2, 0.25) is 11.8 Å². The first kappa shape index (κ1) is 15.2. The summed E-state index contributed by atoms with van der Waals surface area (Å²) in [6, 6.07) is 9.30. The highest BCUT2D eigenvalue weighted by Gasteiger charge is 2.41. The standard InChI is InChI=1S/C17H17ClN4O2/c18-12-1-3-14(4-2-12)22-15(7-8-19-22)20-17(24)11-9-16(23)21(10-11)13-5-6-13/h1-4,7-8,11,13H,5-6,9-10H2,(H,20,24). The van der Waals surface area contributed by atoms with Gasteiger partial charge in [0.05, 0.1) is 17.8 Å². The predicted octanol–water partition coefficient (Wildman–Crippen LogP) is 2.48. The SMILES string of the molecule is O=C(Nc1ccnn1-c1ccc(Cl)cc1)C1CC(=O)N(C2CC2)C1. The van der Waals surface area contributed by atoms with E-state index >= 15 is 0 Å². The van der Waals surface area contributed by atoms with Crippen molar-refractivity contribution in [3.05, 3.63) is 41.6 Å². The van der Waals surface area contributed by atoms with Crippen molar-refractivity contribution in [3.63, 3.8) is 0 Å². The molecule has 2 aromatic rings. The number of halogens is 1. The van der Waals surface area contributed by atoms with Gasteiger partial charge in [-0.25, -0.2) is 4.68 Å². The van der Waals surface area contributed by atoms with Gasteiger partial charge >= 0.3 is 0 Å². The molecule has 0 spiro atoms. The molecule has 2 fully saturated rings. The van der Waals surface area contributed by atoms with E-state index in [1.807, 2.05) is 17.0 Å². The number of amides is 2. The number of carbonyl (C=O) groups is 2. The molecule has 1 unspecified atom stereocenters. The van der Waals surface area contributed by atoms with Crippen LogP contribution in [0, 0.1) is 5.92 Å². The molecule has 0 bridgehead atoms. The Labute approximate surface area is 144 Å². The van der Waals surface area contributed by atoms with Gasteiger partial charge in [-0.1, -0.05) is 11.6 Å². The summed E-state index contributed by atoms with van der Waals surface area (Å²) in [6.07, 6.45) is 4.03. The largest absolute Gasteiger partial charge is 0.339 e. The fraction of sp³-hybridized carbons (Fsp3) is 0.353. The average molecular weight is 345 g/mol. The van der Waals surface area contributed by atoms with E-state index in [2.05, 4.69) is 10.4 Å². The van der Waals surface area contributed by atoms with E-state index in [1.165, 1.54) is 0 Å². The van der Waals surface area contributed by atoms with Crippen molar-refractivity contribution in [2.24, 2.45) is 5.92 Å². The third kappa shape index (κ3) is 2.89. The molecule has 2 aliphatic rings. The number of anilines is 1. The van der Waals surface area contributed by atoms with Gasteiger partial charge in [0, 0.05) is 30.1 Å². The molecule has 1 N–H and O–H groups in total. The first-order valence-electron chi connectivity index (χ1n) is 8.02. The maximum Gasteiger partial charge on any atom is 0.230 e. The molecule has 1 aromatic carbocycles. The molecule has 6 nitrogen and oxygen atoms in total. The van der Waals surface area contributed by atoms with Crippen LogP contribution in [0.1, 0.15) is 19.3 Å². The van der Waals surface area contributed by atoms with Crippen LogP contribution in [0.5, 0.6) is 0 Å². The minimum atomic E-state index is -0.299. The fourth-order valence-corrected chi connectivity index (χ4v) is 3.19. The second-order valence-electron chi connectivity index (χ2n) is 6.27. The maximum absolute atomic E-state index is 12.5. The summed E-state index contributed by atoms with van der Waals surface area (Å²) >= 11 is 5.91. The summed E-state index contributed by atoms with van der Waals surface area (Å²) < 4.78 is 1.64. The third-order valence-electron chi connectivity index (χ3n) is 4.48. The minimum absolute atomic E-state index is 0.0869. The van der Waals surface area contributed by atoms with Crippen LogP contribution < -0.4 is 5.32 Å². The van der Waals surface area contributed by atoms with E-state index in [1.54, 1.807) is 29.1 Å². The normalized spacial score (nSPS) is 20.5. The van der Waals surface area contributed by atoms with Crippen molar-refractivity contribution in [3.8, 4) is 5.69 Å². The van der Waals surface area contributed by atoms with Crippen LogP contribution in [-0.2, 0) is 9.59 Å². The Morgan fingerprint density at radius 2 is 1.96 bits per heavy atom. The molecular weight excluding hydrogens is 328 g/mol. The average Bonchev–Trinajstić information content (AvgIpc) is 3.18. The number of likely N-dealkylation sites (tertiary alicyclic amines) is 1. The molecule has 2 amide bonds. The number of carbonyl (C=O) groups excluding carboxylic acids is 2. The lowest BCUT2D eigenvalue weighted by atomic mass is 10.1. The zero-order chi connectivity index (χ0) is 16.7. The fourth-order valence-electron chi connectivity index (χ4n) is 3.06. The van der Waals surface area contributed by atoms with Crippen LogP contribution in [0.4, 0.5) is 5.82 Å². The molecule has 7 heteroatoms. The molecule has 1 aliphatic heterocycles. The first-order chi connectivity index (χ1) is 11.6. The Balaban J connectivity index is 1.48. The summed E-state index contributed by atoms with van der Waals surface area (Å²) in [7, 11) is 0. The van der Waals surface area contributed by atoms with E-state index in [0.29, 0.717) is 23.4 Å². The third-order valence-corrected chi connectivity index (χ3v) is 4.73. The molecule has 1 saturated heterocycles. The van der Waals surface area contributed by atoms with Crippen LogP contribution in [0.2, 0.25) is 5.02 Å². The Morgan fingerprint density at radius 3 is 2.67 bits per heavy atom. The number of aromatic nitrogens is 2. The zero-order valence-electron chi connectivity index (χ0n) is 13.0. The summed E-state index contributed by atoms with van der Waals surface area (Å²) in [6.45, 7) is 0.518. The zero-order valence-corrected chi connectivity index (χ0v) is 13.7. The Hall–Kier alpha value is -2.34. The van der Waals surface area contributed by atoms with Crippen LogP contribution in [0.3, 0.4) is 0 Å². The summed E-state index contributed by atoms with van der Waals surface area (Å²) in [5.41, 5.74) is 0.807. The first-order valence-corrected chi connectivity index (χ1v) is 8.40. The molecule has 124 valence electrons. The van der Waals surface area contributed by atoms with Crippen molar-refractivity contribution >= 4 is 29.2 Å². The summed E-state index contributed by atoms with van der Waals surface area (Å²) in [5.74, 6) is 0.234. The lowest BCUT2D eigenvalue weighted by Crippen LogP contribution is -2.30. The summed E-state index contributed by atoms with van der Waals surface area (Å²) in [5, 5.41) is 7.78. The van der Waals surface area contributed by atoms with Crippen molar-refractivity contribution in [2.75, 3.05) is 11.9 Å². The molecule has 0 radical (unpaired) electrons. The van der Waals surface area contributed by atoms with Crippen LogP contribution in [-0.4, -0.2) is 39.1 Å². The van der Waals surface area contributed by atoms with Crippen molar-refractivity contribution in [1.29, 1.82) is 0 Å².